The highest BCUT2D eigenvalue weighted by Gasteiger charge is 2.26. The Kier molecular flexibility index (Phi) is 4.64. The molecule has 0 saturated carbocycles. The fourth-order valence-electron chi connectivity index (χ4n) is 1.38. The fourth-order valence-corrected chi connectivity index (χ4v) is 1.38. The monoisotopic (exact) mass is 200 g/mol. The number of hydrogen-bond donors (Lipinski definition) is 0. The van der Waals surface area contributed by atoms with Crippen molar-refractivity contribution >= 4 is 0 Å². The lowest BCUT2D eigenvalue weighted by Crippen LogP contribution is -2.30. The zero-order valence-corrected chi connectivity index (χ0v) is 11.3. The van der Waals surface area contributed by atoms with Crippen molar-refractivity contribution in [3.63, 3.8) is 0 Å². The van der Waals surface area contributed by atoms with Crippen molar-refractivity contribution in [2.75, 3.05) is 6.61 Å². The van der Waals surface area contributed by atoms with Crippen LogP contribution >= 0.6 is 0 Å². The first kappa shape index (κ1) is 14.0. The largest absolute Gasteiger partial charge is 0.376 e. The maximum atomic E-state index is 5.81. The van der Waals surface area contributed by atoms with Crippen molar-refractivity contribution in [2.24, 2.45) is 17.3 Å². The lowest BCUT2D eigenvalue weighted by atomic mass is 9.75. The molecule has 14 heavy (non-hydrogen) atoms. The molecule has 0 N–H and O–H groups in total. The van der Waals surface area contributed by atoms with E-state index in [0.717, 1.165) is 6.61 Å². The Bertz CT molecular complexity index is 159. The van der Waals surface area contributed by atoms with Gasteiger partial charge in [-0.25, -0.2) is 0 Å². The van der Waals surface area contributed by atoms with Crippen LogP contribution in [-0.4, -0.2) is 12.2 Å². The summed E-state index contributed by atoms with van der Waals surface area (Å²) in [7, 11) is 0. The van der Waals surface area contributed by atoms with Crippen LogP contribution in [0.1, 0.15) is 55.4 Å². The third kappa shape index (κ3) is 5.64. The molecule has 0 aromatic rings. The van der Waals surface area contributed by atoms with Crippen LogP contribution in [0.25, 0.3) is 0 Å². The van der Waals surface area contributed by atoms with E-state index in [1.807, 2.05) is 0 Å². The predicted molar refractivity (Wildman–Crippen MR) is 63.5 cm³/mol. The van der Waals surface area contributed by atoms with E-state index in [2.05, 4.69) is 55.4 Å². The van der Waals surface area contributed by atoms with Crippen LogP contribution in [0.5, 0.6) is 0 Å². The lowest BCUT2D eigenvalue weighted by Gasteiger charge is -2.34. The second kappa shape index (κ2) is 4.65. The zero-order chi connectivity index (χ0) is 11.6. The van der Waals surface area contributed by atoms with Gasteiger partial charge in [-0.15, -0.1) is 0 Å². The molecule has 0 aliphatic heterocycles. The maximum absolute atomic E-state index is 5.81. The summed E-state index contributed by atoms with van der Waals surface area (Å²) in [6.07, 6.45) is 0. The summed E-state index contributed by atoms with van der Waals surface area (Å²) in [5.74, 6) is 1.30. The molecule has 2 atom stereocenters. The molecule has 0 aliphatic carbocycles. The van der Waals surface area contributed by atoms with Crippen LogP contribution in [0.2, 0.25) is 0 Å². The molecule has 0 bridgehead atoms. The molecule has 0 heterocycles. The Morgan fingerprint density at radius 2 is 1.36 bits per heavy atom. The fraction of sp³-hybridized carbons (Fsp3) is 1.00. The van der Waals surface area contributed by atoms with Crippen LogP contribution in [-0.2, 0) is 4.74 Å². The van der Waals surface area contributed by atoms with Crippen LogP contribution < -0.4 is 0 Å². The minimum atomic E-state index is -0.00807. The van der Waals surface area contributed by atoms with Crippen LogP contribution in [0.15, 0.2) is 0 Å². The Hall–Kier alpha value is -0.0400. The average molecular weight is 200 g/mol. The second-order valence-corrected chi connectivity index (χ2v) is 6.56. The molecule has 0 aliphatic rings. The second-order valence-electron chi connectivity index (χ2n) is 6.56. The van der Waals surface area contributed by atoms with E-state index in [4.69, 9.17) is 4.74 Å². The molecular formula is C13H28O. The number of rotatable bonds is 3. The van der Waals surface area contributed by atoms with Crippen molar-refractivity contribution in [1.29, 1.82) is 0 Å². The Labute approximate surface area is 90.2 Å². The first-order valence-electron chi connectivity index (χ1n) is 5.68. The van der Waals surface area contributed by atoms with Gasteiger partial charge in [-0.3, -0.25) is 0 Å². The number of ether oxygens (including phenoxy) is 1. The summed E-state index contributed by atoms with van der Waals surface area (Å²) in [6.45, 7) is 18.7. The van der Waals surface area contributed by atoms with Gasteiger partial charge in [-0.1, -0.05) is 34.6 Å². The quantitative estimate of drug-likeness (QED) is 0.666. The van der Waals surface area contributed by atoms with E-state index in [9.17, 15) is 0 Å². The summed E-state index contributed by atoms with van der Waals surface area (Å²) in [4.78, 5) is 0. The van der Waals surface area contributed by atoms with Gasteiger partial charge in [0, 0.05) is 0 Å². The Morgan fingerprint density at radius 3 is 1.64 bits per heavy atom. The molecular weight excluding hydrogens is 172 g/mol. The van der Waals surface area contributed by atoms with Crippen LogP contribution in [0.3, 0.4) is 0 Å². The first-order valence-corrected chi connectivity index (χ1v) is 5.68. The van der Waals surface area contributed by atoms with E-state index in [1.54, 1.807) is 0 Å². The zero-order valence-electron chi connectivity index (χ0n) is 11.3. The molecule has 0 aromatic carbocycles. The van der Waals surface area contributed by atoms with E-state index >= 15 is 0 Å². The van der Waals surface area contributed by atoms with Gasteiger partial charge in [0.1, 0.15) is 0 Å². The van der Waals surface area contributed by atoms with Crippen molar-refractivity contribution in [1.82, 2.24) is 0 Å². The smallest absolute Gasteiger partial charge is 0.0598 e. The molecule has 0 radical (unpaired) electrons. The molecule has 2 unspecified atom stereocenters. The molecule has 0 saturated heterocycles. The Morgan fingerprint density at radius 1 is 0.929 bits per heavy atom. The minimum absolute atomic E-state index is 0.00807. The van der Waals surface area contributed by atoms with Gasteiger partial charge in [-0.05, 0) is 38.0 Å². The summed E-state index contributed by atoms with van der Waals surface area (Å²) < 4.78 is 5.81. The van der Waals surface area contributed by atoms with Gasteiger partial charge >= 0.3 is 0 Å². The van der Waals surface area contributed by atoms with Crippen molar-refractivity contribution in [3.8, 4) is 0 Å². The van der Waals surface area contributed by atoms with Crippen molar-refractivity contribution in [2.45, 2.75) is 61.0 Å². The van der Waals surface area contributed by atoms with E-state index in [1.165, 1.54) is 0 Å². The van der Waals surface area contributed by atoms with Gasteiger partial charge < -0.3 is 4.74 Å². The van der Waals surface area contributed by atoms with Crippen molar-refractivity contribution in [3.05, 3.63) is 0 Å². The third-order valence-corrected chi connectivity index (χ3v) is 3.00. The molecule has 0 aromatic heterocycles. The summed E-state index contributed by atoms with van der Waals surface area (Å²) in [5.41, 5.74) is 0.368. The lowest BCUT2D eigenvalue weighted by molar-refractivity contribution is -0.0368. The third-order valence-electron chi connectivity index (χ3n) is 3.00. The normalized spacial score (nSPS) is 18.0. The van der Waals surface area contributed by atoms with Crippen LogP contribution in [0.4, 0.5) is 0 Å². The van der Waals surface area contributed by atoms with Gasteiger partial charge in [0.15, 0.2) is 0 Å². The van der Waals surface area contributed by atoms with E-state index in [-0.39, 0.29) is 5.60 Å². The topological polar surface area (TPSA) is 9.23 Å². The minimum Gasteiger partial charge on any atom is -0.376 e. The van der Waals surface area contributed by atoms with Gasteiger partial charge in [0.25, 0.3) is 0 Å². The summed E-state index contributed by atoms with van der Waals surface area (Å²) in [6, 6.07) is 0. The highest BCUT2D eigenvalue weighted by Crippen LogP contribution is 2.32. The van der Waals surface area contributed by atoms with Crippen LogP contribution in [0, 0.1) is 17.3 Å². The highest BCUT2D eigenvalue weighted by atomic mass is 16.5. The Balaban J connectivity index is 4.03. The predicted octanol–water partition coefficient (Wildman–Crippen LogP) is 4.12. The number of hydrogen-bond acceptors (Lipinski definition) is 1. The first-order chi connectivity index (χ1) is 6.04. The van der Waals surface area contributed by atoms with Gasteiger partial charge in [-0.2, -0.15) is 0 Å². The molecule has 86 valence electrons. The SMILES string of the molecule is CC(COC(C)(C)C)C(C)C(C)(C)C. The van der Waals surface area contributed by atoms with E-state index < -0.39 is 0 Å². The van der Waals surface area contributed by atoms with Gasteiger partial charge in [0.05, 0.1) is 12.2 Å². The molecule has 1 nitrogen and oxygen atoms in total. The maximum Gasteiger partial charge on any atom is 0.0598 e. The van der Waals surface area contributed by atoms with Gasteiger partial charge in [0.2, 0.25) is 0 Å². The average Bonchev–Trinajstić information content (AvgIpc) is 1.95. The van der Waals surface area contributed by atoms with E-state index in [0.29, 0.717) is 17.3 Å². The highest BCUT2D eigenvalue weighted by molar-refractivity contribution is 4.75. The standard InChI is InChI=1S/C13H28O/c1-10(9-14-13(6,7)8)11(2)12(3,4)5/h10-11H,9H2,1-8H3. The van der Waals surface area contributed by atoms with Crippen molar-refractivity contribution < 1.29 is 4.74 Å². The molecule has 0 fully saturated rings. The molecule has 0 rings (SSSR count). The molecule has 0 amide bonds. The summed E-state index contributed by atoms with van der Waals surface area (Å²) in [5, 5.41) is 0. The molecule has 0 spiro atoms. The molecule has 1 heteroatoms. The summed E-state index contributed by atoms with van der Waals surface area (Å²) >= 11 is 0.